The Morgan fingerprint density at radius 2 is 1.97 bits per heavy atom. The number of carbonyl (C=O) groups excluding carboxylic acids is 1. The maximum atomic E-state index is 12.6. The van der Waals surface area contributed by atoms with E-state index in [-0.39, 0.29) is 5.78 Å². The number of benzene rings is 2. The molecule has 0 amide bonds. The quantitative estimate of drug-likeness (QED) is 0.401. The Morgan fingerprint density at radius 1 is 1.17 bits per heavy atom. The molecule has 3 rings (SSSR count). The lowest BCUT2D eigenvalue weighted by atomic mass is 10.0. The van der Waals surface area contributed by atoms with Crippen LogP contribution in [0.2, 0.25) is 0 Å². The maximum Gasteiger partial charge on any atom is 0.166 e. The number of anilines is 2. The molecule has 0 aliphatic rings. The summed E-state index contributed by atoms with van der Waals surface area (Å²) < 4.78 is 17.2. The lowest BCUT2D eigenvalue weighted by molar-refractivity contribution is 0.0988. The van der Waals surface area contributed by atoms with Crippen molar-refractivity contribution in [3.63, 3.8) is 0 Å². The number of para-hydroxylation sites is 2. The second kappa shape index (κ2) is 9.76. The molecule has 1 aromatic heterocycles. The van der Waals surface area contributed by atoms with E-state index in [1.807, 2.05) is 43.3 Å². The number of nitrogens with zero attached hydrogens (tertiary/aromatic N) is 1. The van der Waals surface area contributed by atoms with E-state index in [1.54, 1.807) is 12.5 Å². The van der Waals surface area contributed by atoms with Crippen LogP contribution in [0.3, 0.4) is 0 Å². The number of hydrogen-bond acceptors (Lipinski definition) is 5. The molecule has 0 aliphatic carbocycles. The van der Waals surface area contributed by atoms with Gasteiger partial charge in [0.05, 0.1) is 17.5 Å². The highest BCUT2D eigenvalue weighted by Gasteiger charge is 2.17. The summed E-state index contributed by atoms with van der Waals surface area (Å²) in [7, 11) is 0. The molecule has 1 atom stereocenters. The molecule has 0 radical (unpaired) electrons. The van der Waals surface area contributed by atoms with Crippen molar-refractivity contribution >= 4 is 39.2 Å². The summed E-state index contributed by atoms with van der Waals surface area (Å²) in [5.41, 5.74) is 4.13. The van der Waals surface area contributed by atoms with Crippen LogP contribution in [-0.4, -0.2) is 33.9 Å². The SMILES string of the molecule is CCC(=O)c1cnc2c(OCC[S+](C)[O-])cccc2c1Nc1ccccc1CC. The Hall–Kier alpha value is -2.57. The molecular formula is C23H26N2O3S. The van der Waals surface area contributed by atoms with Crippen LogP contribution < -0.4 is 10.1 Å². The molecule has 1 unspecified atom stereocenters. The molecule has 0 spiro atoms. The minimum Gasteiger partial charge on any atom is -0.616 e. The molecule has 0 bridgehead atoms. The summed E-state index contributed by atoms with van der Waals surface area (Å²) in [6.45, 7) is 4.30. The highest BCUT2D eigenvalue weighted by Crippen LogP contribution is 2.35. The van der Waals surface area contributed by atoms with Gasteiger partial charge < -0.3 is 14.6 Å². The average Bonchev–Trinajstić information content (AvgIpc) is 2.73. The predicted octanol–water partition coefficient (Wildman–Crippen LogP) is 4.89. The lowest BCUT2D eigenvalue weighted by Crippen LogP contribution is -2.12. The van der Waals surface area contributed by atoms with Gasteiger partial charge in [0.25, 0.3) is 0 Å². The monoisotopic (exact) mass is 410 g/mol. The van der Waals surface area contributed by atoms with Crippen molar-refractivity contribution in [2.45, 2.75) is 26.7 Å². The molecule has 1 N–H and O–H groups in total. The van der Waals surface area contributed by atoms with Crippen LogP contribution in [0.1, 0.15) is 36.2 Å². The largest absolute Gasteiger partial charge is 0.616 e. The van der Waals surface area contributed by atoms with Gasteiger partial charge in [-0.1, -0.05) is 55.4 Å². The van der Waals surface area contributed by atoms with E-state index < -0.39 is 11.2 Å². The van der Waals surface area contributed by atoms with Gasteiger partial charge in [-0.25, -0.2) is 0 Å². The van der Waals surface area contributed by atoms with Gasteiger partial charge in [0.15, 0.2) is 5.78 Å². The Bertz CT molecular complexity index is 1000. The van der Waals surface area contributed by atoms with Gasteiger partial charge in [-0.2, -0.15) is 0 Å². The second-order valence-electron chi connectivity index (χ2n) is 6.74. The second-order valence-corrected chi connectivity index (χ2v) is 8.29. The highest BCUT2D eigenvalue weighted by molar-refractivity contribution is 7.90. The Labute approximate surface area is 174 Å². The van der Waals surface area contributed by atoms with Gasteiger partial charge in [-0.3, -0.25) is 9.78 Å². The van der Waals surface area contributed by atoms with E-state index in [0.717, 1.165) is 23.2 Å². The fourth-order valence-corrected chi connectivity index (χ4v) is 3.52. The van der Waals surface area contributed by atoms with Crippen molar-refractivity contribution in [1.82, 2.24) is 4.98 Å². The topological polar surface area (TPSA) is 74.3 Å². The van der Waals surface area contributed by atoms with Crippen molar-refractivity contribution in [1.29, 1.82) is 0 Å². The highest BCUT2D eigenvalue weighted by atomic mass is 32.2. The number of hydrogen-bond donors (Lipinski definition) is 1. The van der Waals surface area contributed by atoms with Crippen molar-refractivity contribution in [2.75, 3.05) is 23.9 Å². The molecule has 152 valence electrons. The standard InChI is InChI=1S/C23H26N2O3S/c1-4-16-9-6-7-11-19(16)25-22-17-10-8-12-21(28-13-14-29(3)27)23(17)24-15-18(22)20(26)5-2/h6-12,15H,4-5,13-14H2,1-3H3,(H,24,25). The number of ketones is 1. The molecular weight excluding hydrogens is 384 g/mol. The molecule has 1 heterocycles. The van der Waals surface area contributed by atoms with Gasteiger partial charge in [-0.15, -0.1) is 0 Å². The zero-order valence-corrected chi connectivity index (χ0v) is 17.8. The van der Waals surface area contributed by atoms with Crippen LogP contribution in [0, 0.1) is 0 Å². The summed E-state index contributed by atoms with van der Waals surface area (Å²) in [5, 5.41) is 4.31. The van der Waals surface area contributed by atoms with Crippen molar-refractivity contribution in [3.05, 3.63) is 59.8 Å². The first kappa shape index (κ1) is 21.1. The van der Waals surface area contributed by atoms with E-state index in [1.165, 1.54) is 5.56 Å². The maximum absolute atomic E-state index is 12.6. The summed E-state index contributed by atoms with van der Waals surface area (Å²) in [4.78, 5) is 17.1. The average molecular weight is 411 g/mol. The first-order chi connectivity index (χ1) is 14.0. The lowest BCUT2D eigenvalue weighted by Gasteiger charge is -2.17. The normalized spacial score (nSPS) is 12.0. The van der Waals surface area contributed by atoms with Crippen LogP contribution in [0.15, 0.2) is 48.7 Å². The molecule has 3 aromatic rings. The zero-order valence-electron chi connectivity index (χ0n) is 17.0. The Balaban J connectivity index is 2.10. The van der Waals surface area contributed by atoms with Gasteiger partial charge in [0.2, 0.25) is 0 Å². The fraction of sp³-hybridized carbons (Fsp3) is 0.304. The summed E-state index contributed by atoms with van der Waals surface area (Å²) in [6.07, 6.45) is 4.55. The third-order valence-electron chi connectivity index (χ3n) is 4.77. The third-order valence-corrected chi connectivity index (χ3v) is 5.51. The van der Waals surface area contributed by atoms with Crippen LogP contribution in [-0.2, 0) is 17.6 Å². The van der Waals surface area contributed by atoms with Crippen molar-refractivity contribution in [3.8, 4) is 5.75 Å². The molecule has 5 nitrogen and oxygen atoms in total. The van der Waals surface area contributed by atoms with E-state index in [4.69, 9.17) is 4.74 Å². The van der Waals surface area contributed by atoms with Crippen LogP contribution in [0.5, 0.6) is 5.75 Å². The Morgan fingerprint density at radius 3 is 2.69 bits per heavy atom. The molecule has 0 fully saturated rings. The van der Waals surface area contributed by atoms with E-state index in [9.17, 15) is 9.35 Å². The predicted molar refractivity (Wildman–Crippen MR) is 120 cm³/mol. The molecule has 2 aromatic carbocycles. The number of Topliss-reactive ketones (excluding diaryl/α,β-unsaturated/α-hetero) is 1. The van der Waals surface area contributed by atoms with Gasteiger partial charge in [0, 0.05) is 23.7 Å². The Kier molecular flexibility index (Phi) is 7.12. The summed E-state index contributed by atoms with van der Waals surface area (Å²) in [5.74, 6) is 1.11. The van der Waals surface area contributed by atoms with E-state index in [0.29, 0.717) is 35.6 Å². The summed E-state index contributed by atoms with van der Waals surface area (Å²) in [6, 6.07) is 13.8. The molecule has 0 saturated heterocycles. The first-order valence-electron chi connectivity index (χ1n) is 9.77. The van der Waals surface area contributed by atoms with E-state index >= 15 is 0 Å². The number of aromatic nitrogens is 1. The van der Waals surface area contributed by atoms with Crippen LogP contribution in [0.25, 0.3) is 10.9 Å². The summed E-state index contributed by atoms with van der Waals surface area (Å²) >= 11 is -0.921. The van der Waals surface area contributed by atoms with Crippen LogP contribution in [0.4, 0.5) is 11.4 Å². The number of nitrogens with one attached hydrogen (secondary N) is 1. The van der Waals surface area contributed by atoms with Crippen LogP contribution >= 0.6 is 0 Å². The molecule has 0 aliphatic heterocycles. The number of rotatable bonds is 9. The number of ether oxygens (including phenoxy) is 1. The van der Waals surface area contributed by atoms with Gasteiger partial charge in [-0.05, 0) is 24.1 Å². The number of aryl methyl sites for hydroxylation is 1. The van der Waals surface area contributed by atoms with Gasteiger partial charge >= 0.3 is 0 Å². The van der Waals surface area contributed by atoms with Gasteiger partial charge in [0.1, 0.15) is 23.6 Å². The number of fused-ring (bicyclic) bond motifs is 1. The number of carbonyl (C=O) groups is 1. The zero-order chi connectivity index (χ0) is 20.8. The number of pyridine rings is 1. The van der Waals surface area contributed by atoms with Crippen molar-refractivity contribution in [2.24, 2.45) is 0 Å². The fourth-order valence-electron chi connectivity index (χ4n) is 3.20. The first-order valence-corrected chi connectivity index (χ1v) is 11.5. The molecule has 6 heteroatoms. The van der Waals surface area contributed by atoms with E-state index in [2.05, 4.69) is 23.3 Å². The molecule has 0 saturated carbocycles. The molecule has 29 heavy (non-hydrogen) atoms. The minimum atomic E-state index is -0.921. The van der Waals surface area contributed by atoms with Crippen molar-refractivity contribution < 1.29 is 14.1 Å². The third kappa shape index (κ3) is 4.89. The smallest absolute Gasteiger partial charge is 0.166 e. The minimum absolute atomic E-state index is 0.0311.